The van der Waals surface area contributed by atoms with Crippen LogP contribution in [-0.4, -0.2) is 5.78 Å². The summed E-state index contributed by atoms with van der Waals surface area (Å²) in [5.41, 5.74) is -1.96. The average molecular weight is 347 g/mol. The summed E-state index contributed by atoms with van der Waals surface area (Å²) in [6.07, 6.45) is 0. The Morgan fingerprint density at radius 1 is 0.900 bits per heavy atom. The molecule has 0 spiro atoms. The number of carbonyl (C=O) groups excluding carboxylic acids is 1. The van der Waals surface area contributed by atoms with E-state index in [1.807, 2.05) is 0 Å². The summed E-state index contributed by atoms with van der Waals surface area (Å²) in [6.45, 7) is 1.32. The minimum atomic E-state index is -1.38. The van der Waals surface area contributed by atoms with Crippen LogP contribution in [0, 0.1) is 30.2 Å². The van der Waals surface area contributed by atoms with Crippen molar-refractivity contribution in [1.82, 2.24) is 0 Å². The van der Waals surface area contributed by atoms with Gasteiger partial charge in [-0.3, -0.25) is 4.79 Å². The third-order valence-corrected chi connectivity index (χ3v) is 3.39. The van der Waals surface area contributed by atoms with Gasteiger partial charge in [0.2, 0.25) is 5.78 Å². The van der Waals surface area contributed by atoms with Crippen LogP contribution in [0.5, 0.6) is 0 Å². The van der Waals surface area contributed by atoms with Gasteiger partial charge in [-0.25, -0.2) is 17.6 Å². The Hall–Kier alpha value is -1.69. The molecule has 0 amide bonds. The van der Waals surface area contributed by atoms with Crippen LogP contribution in [0.2, 0.25) is 0 Å². The predicted molar refractivity (Wildman–Crippen MR) is 68.6 cm³/mol. The normalized spacial score (nSPS) is 10.7. The molecule has 0 heterocycles. The predicted octanol–water partition coefficient (Wildman–Crippen LogP) is 4.54. The van der Waals surface area contributed by atoms with Crippen molar-refractivity contribution in [3.05, 3.63) is 68.7 Å². The van der Waals surface area contributed by atoms with E-state index in [9.17, 15) is 22.4 Å². The lowest BCUT2D eigenvalue weighted by atomic mass is 9.99. The zero-order valence-electron chi connectivity index (χ0n) is 10.1. The maximum Gasteiger partial charge on any atom is 0.204 e. The molecule has 0 saturated heterocycles. The number of rotatable bonds is 2. The van der Waals surface area contributed by atoms with Crippen molar-refractivity contribution in [1.29, 1.82) is 0 Å². The molecule has 0 aromatic heterocycles. The molecule has 0 radical (unpaired) electrons. The molecule has 0 aliphatic carbocycles. The smallest absolute Gasteiger partial charge is 0.204 e. The van der Waals surface area contributed by atoms with Crippen LogP contribution < -0.4 is 0 Å². The van der Waals surface area contributed by atoms with Crippen LogP contribution in [0.1, 0.15) is 21.5 Å². The number of hydrogen-bond donors (Lipinski definition) is 0. The van der Waals surface area contributed by atoms with E-state index in [4.69, 9.17) is 0 Å². The van der Waals surface area contributed by atoms with E-state index in [1.165, 1.54) is 6.92 Å². The number of aryl methyl sites for hydroxylation is 1. The molecule has 0 aliphatic heterocycles. The molecule has 20 heavy (non-hydrogen) atoms. The minimum Gasteiger partial charge on any atom is -0.288 e. The average Bonchev–Trinajstić information content (AvgIpc) is 2.39. The van der Waals surface area contributed by atoms with Crippen LogP contribution in [-0.2, 0) is 0 Å². The maximum atomic E-state index is 13.8. The first-order valence-electron chi connectivity index (χ1n) is 5.47. The van der Waals surface area contributed by atoms with Gasteiger partial charge in [0.15, 0.2) is 5.82 Å². The van der Waals surface area contributed by atoms with Gasteiger partial charge >= 0.3 is 0 Å². The van der Waals surface area contributed by atoms with Gasteiger partial charge in [0.05, 0.1) is 15.6 Å². The van der Waals surface area contributed by atoms with Gasteiger partial charge in [-0.05, 0) is 46.6 Å². The summed E-state index contributed by atoms with van der Waals surface area (Å²) < 4.78 is 54.7. The lowest BCUT2D eigenvalue weighted by Crippen LogP contribution is -2.13. The summed E-state index contributed by atoms with van der Waals surface area (Å²) in [7, 11) is 0. The molecule has 104 valence electrons. The van der Waals surface area contributed by atoms with Crippen LogP contribution in [0.25, 0.3) is 0 Å². The van der Waals surface area contributed by atoms with Gasteiger partial charge in [0.1, 0.15) is 17.5 Å². The first kappa shape index (κ1) is 14.7. The highest BCUT2D eigenvalue weighted by molar-refractivity contribution is 9.10. The highest BCUT2D eigenvalue weighted by atomic mass is 79.9. The largest absolute Gasteiger partial charge is 0.288 e. The van der Waals surface area contributed by atoms with E-state index in [0.717, 1.165) is 24.3 Å². The molecular formula is C14H7BrF4O. The van der Waals surface area contributed by atoms with Crippen molar-refractivity contribution < 1.29 is 22.4 Å². The second-order valence-electron chi connectivity index (χ2n) is 4.10. The monoisotopic (exact) mass is 346 g/mol. The first-order chi connectivity index (χ1) is 9.34. The van der Waals surface area contributed by atoms with E-state index in [2.05, 4.69) is 15.9 Å². The van der Waals surface area contributed by atoms with E-state index >= 15 is 0 Å². The van der Waals surface area contributed by atoms with E-state index < -0.39 is 40.2 Å². The van der Waals surface area contributed by atoms with Gasteiger partial charge in [-0.2, -0.15) is 0 Å². The Kier molecular flexibility index (Phi) is 3.94. The van der Waals surface area contributed by atoms with Gasteiger partial charge in [-0.15, -0.1) is 0 Å². The molecule has 0 aliphatic rings. The molecule has 0 unspecified atom stereocenters. The standard InChI is InChI=1S/C14H7BrF4O/c1-6-2-4-8(16)10(12(6)18)14(20)11-9(17)5-3-7(15)13(11)19/h2-5H,1H3. The Morgan fingerprint density at radius 3 is 2.00 bits per heavy atom. The third kappa shape index (κ3) is 2.35. The van der Waals surface area contributed by atoms with Crippen LogP contribution in [0.15, 0.2) is 28.7 Å². The Morgan fingerprint density at radius 2 is 1.40 bits per heavy atom. The van der Waals surface area contributed by atoms with Crippen molar-refractivity contribution in [2.75, 3.05) is 0 Å². The number of benzene rings is 2. The van der Waals surface area contributed by atoms with Crippen molar-refractivity contribution in [2.24, 2.45) is 0 Å². The molecule has 6 heteroatoms. The maximum absolute atomic E-state index is 13.8. The molecule has 0 saturated carbocycles. The highest BCUT2D eigenvalue weighted by Crippen LogP contribution is 2.26. The van der Waals surface area contributed by atoms with Crippen molar-refractivity contribution in [2.45, 2.75) is 6.92 Å². The second-order valence-corrected chi connectivity index (χ2v) is 4.95. The lowest BCUT2D eigenvalue weighted by Gasteiger charge is -2.09. The molecule has 0 atom stereocenters. The summed E-state index contributed by atoms with van der Waals surface area (Å²) in [6, 6.07) is 3.91. The second kappa shape index (κ2) is 5.36. The van der Waals surface area contributed by atoms with Crippen LogP contribution >= 0.6 is 15.9 Å². The fourth-order valence-corrected chi connectivity index (χ4v) is 2.06. The van der Waals surface area contributed by atoms with Gasteiger partial charge < -0.3 is 0 Å². The van der Waals surface area contributed by atoms with Gasteiger partial charge in [-0.1, -0.05) is 6.07 Å². The fourth-order valence-electron chi connectivity index (χ4n) is 1.73. The van der Waals surface area contributed by atoms with Crippen molar-refractivity contribution >= 4 is 21.7 Å². The van der Waals surface area contributed by atoms with Crippen molar-refractivity contribution in [3.8, 4) is 0 Å². The topological polar surface area (TPSA) is 17.1 Å². The summed E-state index contributed by atoms with van der Waals surface area (Å²) in [5.74, 6) is -6.06. The fraction of sp³-hybridized carbons (Fsp3) is 0.0714. The van der Waals surface area contributed by atoms with Crippen LogP contribution in [0.4, 0.5) is 17.6 Å². The number of carbonyl (C=O) groups is 1. The minimum absolute atomic E-state index is 0.00515. The van der Waals surface area contributed by atoms with Crippen LogP contribution in [0.3, 0.4) is 0 Å². The third-order valence-electron chi connectivity index (χ3n) is 2.78. The zero-order valence-corrected chi connectivity index (χ0v) is 11.7. The zero-order chi connectivity index (χ0) is 15.0. The molecule has 0 fully saturated rings. The molecule has 2 aromatic rings. The molecule has 1 nitrogen and oxygen atoms in total. The lowest BCUT2D eigenvalue weighted by molar-refractivity contribution is 0.102. The highest BCUT2D eigenvalue weighted by Gasteiger charge is 2.26. The molecule has 0 bridgehead atoms. The first-order valence-corrected chi connectivity index (χ1v) is 6.26. The summed E-state index contributed by atoms with van der Waals surface area (Å²) in [5, 5.41) is 0. The molecule has 0 N–H and O–H groups in total. The number of halogens is 5. The Bertz CT molecular complexity index is 653. The van der Waals surface area contributed by atoms with Crippen molar-refractivity contribution in [3.63, 3.8) is 0 Å². The number of ketones is 1. The van der Waals surface area contributed by atoms with E-state index in [-0.39, 0.29) is 10.0 Å². The molecule has 2 rings (SSSR count). The molecule has 2 aromatic carbocycles. The number of hydrogen-bond acceptors (Lipinski definition) is 1. The van der Waals surface area contributed by atoms with E-state index in [0.29, 0.717) is 0 Å². The summed E-state index contributed by atoms with van der Waals surface area (Å²) in [4.78, 5) is 12.1. The Balaban J connectivity index is 2.71. The SMILES string of the molecule is Cc1ccc(F)c(C(=O)c2c(F)ccc(Br)c2F)c1F. The summed E-state index contributed by atoms with van der Waals surface area (Å²) >= 11 is 2.79. The molecular weight excluding hydrogens is 340 g/mol. The van der Waals surface area contributed by atoms with Gasteiger partial charge in [0.25, 0.3) is 0 Å². The van der Waals surface area contributed by atoms with Gasteiger partial charge in [0, 0.05) is 0 Å². The Labute approximate surface area is 120 Å². The quantitative estimate of drug-likeness (QED) is 0.443. The van der Waals surface area contributed by atoms with E-state index in [1.54, 1.807) is 0 Å².